The summed E-state index contributed by atoms with van der Waals surface area (Å²) < 4.78 is 0. The Hall–Kier alpha value is -2.17. The van der Waals surface area contributed by atoms with Gasteiger partial charge in [0.25, 0.3) is 0 Å². The minimum atomic E-state index is 0.0300. The zero-order valence-electron chi connectivity index (χ0n) is 14.2. The minimum absolute atomic E-state index is 0.0300. The van der Waals surface area contributed by atoms with Crippen LogP contribution in [0, 0.1) is 11.8 Å². The number of anilines is 1. The molecule has 128 valence electrons. The molecule has 0 spiro atoms. The van der Waals surface area contributed by atoms with Crippen LogP contribution in [0.15, 0.2) is 29.4 Å². The summed E-state index contributed by atoms with van der Waals surface area (Å²) in [5, 5.41) is 7.14. The van der Waals surface area contributed by atoms with Crippen LogP contribution in [0.1, 0.15) is 57.4 Å². The SMILES string of the molecule is C/C(=N/NC(=O)C1CCCCC1)c1ccc(NC(=O)C2CC2)cc1. The van der Waals surface area contributed by atoms with Crippen molar-refractivity contribution in [2.24, 2.45) is 16.9 Å². The fraction of sp³-hybridized carbons (Fsp3) is 0.526. The number of nitrogens with one attached hydrogen (secondary N) is 2. The molecule has 2 aliphatic rings. The van der Waals surface area contributed by atoms with Gasteiger partial charge in [0, 0.05) is 17.5 Å². The second-order valence-corrected chi connectivity index (χ2v) is 6.85. The third-order valence-electron chi connectivity index (χ3n) is 4.83. The molecule has 2 aliphatic carbocycles. The molecule has 5 heteroatoms. The molecule has 2 saturated carbocycles. The average molecular weight is 327 g/mol. The van der Waals surface area contributed by atoms with Crippen molar-refractivity contribution in [3.63, 3.8) is 0 Å². The Morgan fingerprint density at radius 2 is 1.54 bits per heavy atom. The van der Waals surface area contributed by atoms with Crippen molar-refractivity contribution in [2.45, 2.75) is 51.9 Å². The number of rotatable bonds is 5. The highest BCUT2D eigenvalue weighted by Crippen LogP contribution is 2.30. The predicted octanol–water partition coefficient (Wildman–Crippen LogP) is 3.46. The number of hydrogen-bond acceptors (Lipinski definition) is 3. The van der Waals surface area contributed by atoms with E-state index in [0.717, 1.165) is 55.5 Å². The highest BCUT2D eigenvalue weighted by Gasteiger charge is 2.29. The number of hydrogen-bond donors (Lipinski definition) is 2. The fourth-order valence-electron chi connectivity index (χ4n) is 3.04. The van der Waals surface area contributed by atoms with Gasteiger partial charge < -0.3 is 5.32 Å². The number of amides is 2. The number of hydrazone groups is 1. The molecule has 0 unspecified atom stereocenters. The molecule has 3 rings (SSSR count). The summed E-state index contributed by atoms with van der Waals surface area (Å²) in [6.45, 7) is 1.87. The van der Waals surface area contributed by atoms with E-state index < -0.39 is 0 Å². The summed E-state index contributed by atoms with van der Waals surface area (Å²) >= 11 is 0. The zero-order valence-corrected chi connectivity index (χ0v) is 14.2. The lowest BCUT2D eigenvalue weighted by Crippen LogP contribution is -2.29. The van der Waals surface area contributed by atoms with E-state index in [0.29, 0.717) is 0 Å². The molecule has 0 radical (unpaired) electrons. The lowest BCUT2D eigenvalue weighted by molar-refractivity contribution is -0.125. The van der Waals surface area contributed by atoms with Crippen molar-refractivity contribution in [1.82, 2.24) is 5.43 Å². The first kappa shape index (κ1) is 16.7. The van der Waals surface area contributed by atoms with Crippen LogP contribution in [0.2, 0.25) is 0 Å². The zero-order chi connectivity index (χ0) is 16.9. The van der Waals surface area contributed by atoms with E-state index in [2.05, 4.69) is 15.8 Å². The summed E-state index contributed by atoms with van der Waals surface area (Å²) in [7, 11) is 0. The van der Waals surface area contributed by atoms with Gasteiger partial charge in [-0.2, -0.15) is 5.10 Å². The van der Waals surface area contributed by atoms with E-state index in [1.165, 1.54) is 6.42 Å². The molecule has 2 fully saturated rings. The van der Waals surface area contributed by atoms with E-state index in [9.17, 15) is 9.59 Å². The molecule has 1 aromatic carbocycles. The molecule has 0 atom stereocenters. The van der Waals surface area contributed by atoms with Gasteiger partial charge in [-0.05, 0) is 50.3 Å². The van der Waals surface area contributed by atoms with Crippen LogP contribution in [0.4, 0.5) is 5.69 Å². The summed E-state index contributed by atoms with van der Waals surface area (Å²) in [6.07, 6.45) is 7.43. The molecule has 2 amide bonds. The van der Waals surface area contributed by atoms with Crippen LogP contribution in [-0.4, -0.2) is 17.5 Å². The Morgan fingerprint density at radius 1 is 0.917 bits per heavy atom. The van der Waals surface area contributed by atoms with Crippen LogP contribution in [0.25, 0.3) is 0 Å². The Bertz CT molecular complexity index is 627. The van der Waals surface area contributed by atoms with Crippen molar-refractivity contribution in [2.75, 3.05) is 5.32 Å². The maximum absolute atomic E-state index is 12.1. The second kappa shape index (κ2) is 7.60. The highest BCUT2D eigenvalue weighted by atomic mass is 16.2. The van der Waals surface area contributed by atoms with Crippen LogP contribution >= 0.6 is 0 Å². The minimum Gasteiger partial charge on any atom is -0.326 e. The Labute approximate surface area is 142 Å². The molecule has 1 aromatic rings. The van der Waals surface area contributed by atoms with Gasteiger partial charge in [0.05, 0.1) is 5.71 Å². The van der Waals surface area contributed by atoms with Gasteiger partial charge in [0.1, 0.15) is 0 Å². The van der Waals surface area contributed by atoms with E-state index in [-0.39, 0.29) is 23.7 Å². The maximum atomic E-state index is 12.1. The molecule has 0 heterocycles. The van der Waals surface area contributed by atoms with Crippen LogP contribution in [0.5, 0.6) is 0 Å². The lowest BCUT2D eigenvalue weighted by Gasteiger charge is -2.19. The standard InChI is InChI=1S/C19H25N3O2/c1-13(21-22-19(24)15-5-3-2-4-6-15)14-9-11-17(12-10-14)20-18(23)16-7-8-16/h9-12,15-16H,2-8H2,1H3,(H,20,23)(H,22,24)/b21-13-. The first-order valence-corrected chi connectivity index (χ1v) is 8.89. The average Bonchev–Trinajstić information content (AvgIpc) is 3.46. The first-order valence-electron chi connectivity index (χ1n) is 8.89. The van der Waals surface area contributed by atoms with E-state index in [4.69, 9.17) is 0 Å². The largest absolute Gasteiger partial charge is 0.326 e. The van der Waals surface area contributed by atoms with Crippen LogP contribution < -0.4 is 10.7 Å². The van der Waals surface area contributed by atoms with Crippen molar-refractivity contribution >= 4 is 23.2 Å². The summed E-state index contributed by atoms with van der Waals surface area (Å²) in [4.78, 5) is 23.9. The fourth-order valence-corrected chi connectivity index (χ4v) is 3.04. The third-order valence-corrected chi connectivity index (χ3v) is 4.83. The van der Waals surface area contributed by atoms with Gasteiger partial charge in [-0.1, -0.05) is 31.4 Å². The monoisotopic (exact) mass is 327 g/mol. The second-order valence-electron chi connectivity index (χ2n) is 6.85. The molecule has 2 N–H and O–H groups in total. The molecular formula is C19H25N3O2. The highest BCUT2D eigenvalue weighted by molar-refractivity contribution is 6.00. The molecule has 0 aliphatic heterocycles. The normalized spacial score (nSPS) is 19.0. The topological polar surface area (TPSA) is 70.6 Å². The number of carbonyl (C=O) groups is 2. The predicted molar refractivity (Wildman–Crippen MR) is 94.7 cm³/mol. The van der Waals surface area contributed by atoms with Crippen molar-refractivity contribution in [3.8, 4) is 0 Å². The Morgan fingerprint density at radius 3 is 2.17 bits per heavy atom. The molecule has 0 aromatic heterocycles. The van der Waals surface area contributed by atoms with Crippen molar-refractivity contribution in [3.05, 3.63) is 29.8 Å². The molecule has 24 heavy (non-hydrogen) atoms. The number of carbonyl (C=O) groups excluding carboxylic acids is 2. The molecule has 0 bridgehead atoms. The van der Waals surface area contributed by atoms with Gasteiger partial charge in [-0.3, -0.25) is 9.59 Å². The van der Waals surface area contributed by atoms with Crippen LogP contribution in [0.3, 0.4) is 0 Å². The first-order chi connectivity index (χ1) is 11.6. The molecule has 0 saturated heterocycles. The van der Waals surface area contributed by atoms with E-state index in [1.807, 2.05) is 31.2 Å². The molecule has 5 nitrogen and oxygen atoms in total. The lowest BCUT2D eigenvalue weighted by atomic mass is 9.89. The summed E-state index contributed by atoms with van der Waals surface area (Å²) in [5.74, 6) is 0.438. The van der Waals surface area contributed by atoms with E-state index >= 15 is 0 Å². The molecular weight excluding hydrogens is 302 g/mol. The third kappa shape index (κ3) is 4.43. The quantitative estimate of drug-likeness (QED) is 0.642. The summed E-state index contributed by atoms with van der Waals surface area (Å²) in [5.41, 5.74) is 5.20. The van der Waals surface area contributed by atoms with Gasteiger partial charge in [0.15, 0.2) is 0 Å². The van der Waals surface area contributed by atoms with Gasteiger partial charge in [-0.15, -0.1) is 0 Å². The van der Waals surface area contributed by atoms with Crippen molar-refractivity contribution < 1.29 is 9.59 Å². The van der Waals surface area contributed by atoms with Gasteiger partial charge >= 0.3 is 0 Å². The van der Waals surface area contributed by atoms with E-state index in [1.54, 1.807) is 0 Å². The van der Waals surface area contributed by atoms with Gasteiger partial charge in [0.2, 0.25) is 11.8 Å². The van der Waals surface area contributed by atoms with Crippen molar-refractivity contribution in [1.29, 1.82) is 0 Å². The van der Waals surface area contributed by atoms with Gasteiger partial charge in [-0.25, -0.2) is 5.43 Å². The number of benzene rings is 1. The Kier molecular flexibility index (Phi) is 5.28. The maximum Gasteiger partial charge on any atom is 0.243 e. The smallest absolute Gasteiger partial charge is 0.243 e. The van der Waals surface area contributed by atoms with Crippen LogP contribution in [-0.2, 0) is 9.59 Å². The summed E-state index contributed by atoms with van der Waals surface area (Å²) in [6, 6.07) is 7.57. The Balaban J connectivity index is 1.54. The number of nitrogens with zero attached hydrogens (tertiary/aromatic N) is 1.